The third kappa shape index (κ3) is 5.35. The van der Waals surface area contributed by atoms with Crippen LogP contribution in [-0.2, 0) is 27.7 Å². The normalized spacial score (nSPS) is 13.0. The second kappa shape index (κ2) is 10.7. The minimum absolute atomic E-state index is 0.299. The van der Waals surface area contributed by atoms with Crippen molar-refractivity contribution in [2.75, 3.05) is 26.0 Å². The number of methoxy groups -OCH3 is 1. The van der Waals surface area contributed by atoms with Gasteiger partial charge in [-0.15, -0.1) is 0 Å². The molecule has 0 atom stereocenters. The number of anilines is 1. The van der Waals surface area contributed by atoms with Crippen molar-refractivity contribution in [3.63, 3.8) is 0 Å². The van der Waals surface area contributed by atoms with Gasteiger partial charge in [0.25, 0.3) is 0 Å². The fourth-order valence-corrected chi connectivity index (χ4v) is 4.47. The Morgan fingerprint density at radius 1 is 1.25 bits per heavy atom. The lowest BCUT2D eigenvalue weighted by Gasteiger charge is -2.11. The van der Waals surface area contributed by atoms with Crippen molar-refractivity contribution in [3.8, 4) is 0 Å². The third-order valence-electron chi connectivity index (χ3n) is 5.27. The van der Waals surface area contributed by atoms with Crippen LogP contribution in [0.5, 0.6) is 0 Å². The van der Waals surface area contributed by atoms with E-state index >= 15 is 0 Å². The molecule has 0 saturated heterocycles. The molecule has 0 unspecified atom stereocenters. The highest BCUT2D eigenvalue weighted by Crippen LogP contribution is 2.29. The minimum Gasteiger partial charge on any atom is -0.384 e. The van der Waals surface area contributed by atoms with Gasteiger partial charge in [-0.3, -0.25) is 0 Å². The summed E-state index contributed by atoms with van der Waals surface area (Å²) < 4.78 is 34.7. The highest BCUT2D eigenvalue weighted by Gasteiger charge is 2.17. The molecule has 0 radical (unpaired) electrons. The van der Waals surface area contributed by atoms with E-state index in [1.807, 2.05) is 31.2 Å². The first-order valence-corrected chi connectivity index (χ1v) is 12.2. The number of nitrogens with one attached hydrogen (secondary N) is 1. The Labute approximate surface area is 189 Å². The molecule has 2 heterocycles. The Bertz CT molecular complexity index is 1250. The molecule has 0 aliphatic heterocycles. The zero-order valence-corrected chi connectivity index (χ0v) is 19.7. The van der Waals surface area contributed by atoms with Crippen LogP contribution in [0.25, 0.3) is 21.9 Å². The molecule has 0 amide bonds. The van der Waals surface area contributed by atoms with E-state index < -0.39 is 10.0 Å². The zero-order chi connectivity index (χ0) is 23.1. The molecule has 3 rings (SSSR count). The lowest BCUT2D eigenvalue weighted by molar-refractivity contribution is 0.199. The number of benzene rings is 1. The highest BCUT2D eigenvalue weighted by molar-refractivity contribution is 7.93. The van der Waals surface area contributed by atoms with E-state index in [9.17, 15) is 8.42 Å². The zero-order valence-electron chi connectivity index (χ0n) is 18.8. The van der Waals surface area contributed by atoms with Gasteiger partial charge in [0.15, 0.2) is 5.82 Å². The number of unbranched alkanes of at least 4 members (excludes halogenated alkanes) is 1. The van der Waals surface area contributed by atoms with Crippen LogP contribution in [0.3, 0.4) is 0 Å². The molecule has 1 aromatic carbocycles. The van der Waals surface area contributed by atoms with Gasteiger partial charge in [-0.2, -0.15) is 0 Å². The van der Waals surface area contributed by atoms with E-state index in [0.29, 0.717) is 48.8 Å². The average Bonchev–Trinajstić information content (AvgIpc) is 3.15. The predicted octanol–water partition coefficient (Wildman–Crippen LogP) is 3.54. The summed E-state index contributed by atoms with van der Waals surface area (Å²) in [7, 11) is -1.79. The Morgan fingerprint density at radius 2 is 2.03 bits per heavy atom. The number of ether oxygens (including phenoxy) is 1. The standard InChI is InChI=1S/C23H31N5O3S/c1-4-5-10-17(2)32(29,30)25-14-8-9-15-28-20(13-16-31-3)27-21-22(28)18-11-6-7-12-19(18)26-23(21)24/h4-7,10-12,25H,8-9,13-16H2,1-3H3,(H2,24,26)/b5-4-,17-10+. The molecule has 0 spiro atoms. The van der Waals surface area contributed by atoms with E-state index in [2.05, 4.69) is 14.3 Å². The maximum atomic E-state index is 12.3. The third-order valence-corrected chi connectivity index (χ3v) is 6.83. The fraction of sp³-hybridized carbons (Fsp3) is 0.391. The number of rotatable bonds is 11. The summed E-state index contributed by atoms with van der Waals surface area (Å²) in [5.74, 6) is 1.30. The summed E-state index contributed by atoms with van der Waals surface area (Å²) in [6, 6.07) is 7.88. The van der Waals surface area contributed by atoms with Crippen LogP contribution in [-0.4, -0.2) is 43.2 Å². The fourth-order valence-electron chi connectivity index (χ4n) is 3.57. The smallest absolute Gasteiger partial charge is 0.236 e. The predicted molar refractivity (Wildman–Crippen MR) is 130 cm³/mol. The van der Waals surface area contributed by atoms with Crippen LogP contribution in [0.15, 0.2) is 47.4 Å². The van der Waals surface area contributed by atoms with Gasteiger partial charge in [-0.25, -0.2) is 23.1 Å². The largest absolute Gasteiger partial charge is 0.384 e. The molecule has 172 valence electrons. The lowest BCUT2D eigenvalue weighted by atomic mass is 10.2. The molecule has 0 aliphatic carbocycles. The number of imidazole rings is 1. The van der Waals surface area contributed by atoms with Gasteiger partial charge >= 0.3 is 0 Å². The van der Waals surface area contributed by atoms with Crippen molar-refractivity contribution < 1.29 is 13.2 Å². The Balaban J connectivity index is 1.79. The number of pyridine rings is 1. The maximum Gasteiger partial charge on any atom is 0.236 e. The van der Waals surface area contributed by atoms with Gasteiger partial charge in [-0.1, -0.05) is 30.4 Å². The minimum atomic E-state index is -3.46. The van der Waals surface area contributed by atoms with Crippen molar-refractivity contribution in [1.29, 1.82) is 0 Å². The van der Waals surface area contributed by atoms with Crippen molar-refractivity contribution >= 4 is 37.8 Å². The number of nitrogen functional groups attached to an aromatic ring is 1. The summed E-state index contributed by atoms with van der Waals surface area (Å²) >= 11 is 0. The number of aryl methyl sites for hydroxylation is 1. The lowest BCUT2D eigenvalue weighted by Crippen LogP contribution is -2.25. The molecule has 0 fully saturated rings. The van der Waals surface area contributed by atoms with Crippen LogP contribution in [0, 0.1) is 0 Å². The summed E-state index contributed by atoms with van der Waals surface area (Å²) in [6.45, 7) is 5.04. The molecule has 8 nitrogen and oxygen atoms in total. The summed E-state index contributed by atoms with van der Waals surface area (Å²) in [4.78, 5) is 9.56. The van der Waals surface area contributed by atoms with Crippen LogP contribution >= 0.6 is 0 Å². The summed E-state index contributed by atoms with van der Waals surface area (Å²) in [5.41, 5.74) is 8.70. The number of allylic oxidation sites excluding steroid dienone is 4. The molecule has 32 heavy (non-hydrogen) atoms. The maximum absolute atomic E-state index is 12.3. The number of fused-ring (bicyclic) bond motifs is 3. The topological polar surface area (TPSA) is 112 Å². The quantitative estimate of drug-likeness (QED) is 0.336. The second-order valence-electron chi connectivity index (χ2n) is 7.54. The molecular weight excluding hydrogens is 426 g/mol. The van der Waals surface area contributed by atoms with Crippen molar-refractivity contribution in [2.45, 2.75) is 39.7 Å². The molecule has 2 aromatic heterocycles. The number of sulfonamides is 1. The number of hydrogen-bond donors (Lipinski definition) is 2. The Hall–Kier alpha value is -2.75. The number of para-hydroxylation sites is 1. The monoisotopic (exact) mass is 457 g/mol. The highest BCUT2D eigenvalue weighted by atomic mass is 32.2. The van der Waals surface area contributed by atoms with E-state index in [1.54, 1.807) is 32.3 Å². The van der Waals surface area contributed by atoms with Crippen molar-refractivity contribution in [3.05, 3.63) is 53.2 Å². The van der Waals surface area contributed by atoms with E-state index in [0.717, 1.165) is 28.7 Å². The van der Waals surface area contributed by atoms with E-state index in [1.165, 1.54) is 0 Å². The molecule has 3 aromatic rings. The van der Waals surface area contributed by atoms with E-state index in [-0.39, 0.29) is 0 Å². The first kappa shape index (κ1) is 23.9. The van der Waals surface area contributed by atoms with Gasteiger partial charge in [-0.05, 0) is 38.8 Å². The van der Waals surface area contributed by atoms with Gasteiger partial charge < -0.3 is 15.0 Å². The number of nitrogens with zero attached hydrogens (tertiary/aromatic N) is 3. The van der Waals surface area contributed by atoms with Crippen molar-refractivity contribution in [1.82, 2.24) is 19.3 Å². The molecule has 0 bridgehead atoms. The van der Waals surface area contributed by atoms with Gasteiger partial charge in [0.05, 0.1) is 22.5 Å². The van der Waals surface area contributed by atoms with Crippen molar-refractivity contribution in [2.24, 2.45) is 0 Å². The molecule has 0 saturated carbocycles. The van der Waals surface area contributed by atoms with Crippen LogP contribution in [0.2, 0.25) is 0 Å². The van der Waals surface area contributed by atoms with Gasteiger partial charge in [0, 0.05) is 32.0 Å². The van der Waals surface area contributed by atoms with E-state index in [4.69, 9.17) is 15.5 Å². The molecule has 3 N–H and O–H groups in total. The number of aromatic nitrogens is 3. The van der Waals surface area contributed by atoms with Crippen LogP contribution in [0.4, 0.5) is 5.82 Å². The summed E-state index contributed by atoms with van der Waals surface area (Å²) in [5, 5.41) is 0.998. The molecule has 9 heteroatoms. The van der Waals surface area contributed by atoms with Crippen LogP contribution < -0.4 is 10.5 Å². The molecule has 0 aliphatic rings. The number of hydrogen-bond acceptors (Lipinski definition) is 6. The first-order valence-electron chi connectivity index (χ1n) is 10.7. The molecular formula is C23H31N5O3S. The Morgan fingerprint density at radius 3 is 2.78 bits per heavy atom. The average molecular weight is 458 g/mol. The SMILES string of the molecule is C/C=C\C=C(/C)S(=O)(=O)NCCCCn1c(CCOC)nc2c(N)nc3ccccc3c21. The van der Waals surface area contributed by atoms with Crippen LogP contribution in [0.1, 0.15) is 32.5 Å². The Kier molecular flexibility index (Phi) is 8.00. The second-order valence-corrected chi connectivity index (χ2v) is 9.48. The van der Waals surface area contributed by atoms with Gasteiger partial charge in [0.1, 0.15) is 11.3 Å². The number of nitrogens with two attached hydrogens (primary N) is 1. The van der Waals surface area contributed by atoms with Gasteiger partial charge in [0.2, 0.25) is 10.0 Å². The first-order chi connectivity index (χ1) is 15.4. The summed E-state index contributed by atoms with van der Waals surface area (Å²) in [6.07, 6.45) is 7.22.